The van der Waals surface area contributed by atoms with E-state index in [0.29, 0.717) is 18.3 Å². The number of hydrogen-bond donors (Lipinski definition) is 1. The number of hydrogen-bond acceptors (Lipinski definition) is 4. The van der Waals surface area contributed by atoms with Crippen LogP contribution in [-0.2, 0) is 10.0 Å². The summed E-state index contributed by atoms with van der Waals surface area (Å²) in [5, 5.41) is 4.09. The molecule has 0 radical (unpaired) electrons. The first-order valence-electron chi connectivity index (χ1n) is 7.31. The van der Waals surface area contributed by atoms with Gasteiger partial charge >= 0.3 is 0 Å². The third-order valence-electron chi connectivity index (χ3n) is 3.52. The van der Waals surface area contributed by atoms with Crippen LogP contribution in [0.4, 0.5) is 0 Å². The Labute approximate surface area is 126 Å². The zero-order valence-corrected chi connectivity index (χ0v) is 13.3. The number of nitrogens with one attached hydrogen (secondary N) is 1. The lowest BCUT2D eigenvalue weighted by Gasteiger charge is -2.19. The molecule has 0 saturated heterocycles. The summed E-state index contributed by atoms with van der Waals surface area (Å²) < 4.78 is 29.6. The Balaban J connectivity index is 2.05. The number of nitrogens with zero attached hydrogens (tertiary/aromatic N) is 1. The summed E-state index contributed by atoms with van der Waals surface area (Å²) in [6.45, 7) is 4.60. The second kappa shape index (κ2) is 6.93. The van der Waals surface area contributed by atoms with Crippen molar-refractivity contribution in [2.45, 2.75) is 44.4 Å². The van der Waals surface area contributed by atoms with E-state index >= 15 is 0 Å². The number of benzene rings is 1. The summed E-state index contributed by atoms with van der Waals surface area (Å²) in [5.41, 5.74) is 0.934. The van der Waals surface area contributed by atoms with Crippen molar-refractivity contribution >= 4 is 15.7 Å². The molecule has 21 heavy (non-hydrogen) atoms. The molecule has 0 unspecified atom stereocenters. The van der Waals surface area contributed by atoms with Crippen molar-refractivity contribution in [1.82, 2.24) is 4.83 Å². The van der Waals surface area contributed by atoms with Crippen molar-refractivity contribution in [2.75, 3.05) is 6.61 Å². The minimum Gasteiger partial charge on any atom is -0.494 e. The highest BCUT2D eigenvalue weighted by Crippen LogP contribution is 2.21. The normalized spacial score (nSPS) is 21.2. The fourth-order valence-corrected chi connectivity index (χ4v) is 3.27. The first kappa shape index (κ1) is 15.8. The quantitative estimate of drug-likeness (QED) is 0.850. The number of sulfonamides is 1. The van der Waals surface area contributed by atoms with Crippen molar-refractivity contribution in [1.29, 1.82) is 0 Å². The first-order valence-corrected chi connectivity index (χ1v) is 8.79. The zero-order valence-electron chi connectivity index (χ0n) is 12.5. The Bertz CT molecular complexity index is 594. The molecule has 6 heteroatoms. The van der Waals surface area contributed by atoms with Crippen molar-refractivity contribution in [2.24, 2.45) is 11.0 Å². The van der Waals surface area contributed by atoms with E-state index in [2.05, 4.69) is 16.9 Å². The van der Waals surface area contributed by atoms with E-state index in [-0.39, 0.29) is 4.90 Å². The average Bonchev–Trinajstić information content (AvgIpc) is 2.46. The van der Waals surface area contributed by atoms with Gasteiger partial charge in [0.15, 0.2) is 0 Å². The minimum atomic E-state index is -3.60. The molecule has 0 spiro atoms. The van der Waals surface area contributed by atoms with Crippen LogP contribution in [0.25, 0.3) is 0 Å². The summed E-state index contributed by atoms with van der Waals surface area (Å²) in [6.07, 6.45) is 4.00. The molecule has 0 heterocycles. The highest BCUT2D eigenvalue weighted by atomic mass is 32.2. The van der Waals surface area contributed by atoms with Gasteiger partial charge in [-0.05, 0) is 62.8 Å². The molecule has 0 bridgehead atoms. The van der Waals surface area contributed by atoms with Crippen LogP contribution in [0.5, 0.6) is 5.75 Å². The number of hydrazone groups is 1. The second-order valence-electron chi connectivity index (χ2n) is 5.38. The monoisotopic (exact) mass is 310 g/mol. The molecule has 5 nitrogen and oxygen atoms in total. The molecule has 1 N–H and O–H groups in total. The zero-order chi connectivity index (χ0) is 15.3. The molecule has 0 amide bonds. The van der Waals surface area contributed by atoms with Gasteiger partial charge < -0.3 is 4.74 Å². The smallest absolute Gasteiger partial charge is 0.276 e. The van der Waals surface area contributed by atoms with Crippen LogP contribution in [0.15, 0.2) is 34.3 Å². The maximum atomic E-state index is 12.2. The summed E-state index contributed by atoms with van der Waals surface area (Å²) in [4.78, 5) is 2.53. The molecule has 1 aliphatic carbocycles. The summed E-state index contributed by atoms with van der Waals surface area (Å²) in [7, 11) is -3.60. The Morgan fingerprint density at radius 3 is 2.67 bits per heavy atom. The summed E-state index contributed by atoms with van der Waals surface area (Å²) in [6, 6.07) is 6.34. The molecule has 1 aromatic rings. The third kappa shape index (κ3) is 4.46. The van der Waals surface area contributed by atoms with E-state index in [1.165, 1.54) is 18.6 Å². The molecule has 1 saturated carbocycles. The maximum Gasteiger partial charge on any atom is 0.276 e. The lowest BCUT2D eigenvalue weighted by Crippen LogP contribution is -2.22. The van der Waals surface area contributed by atoms with Crippen LogP contribution >= 0.6 is 0 Å². The van der Waals surface area contributed by atoms with E-state index in [0.717, 1.165) is 25.0 Å². The van der Waals surface area contributed by atoms with Gasteiger partial charge in [-0.3, -0.25) is 0 Å². The van der Waals surface area contributed by atoms with Gasteiger partial charge in [0.05, 0.1) is 11.5 Å². The van der Waals surface area contributed by atoms with Gasteiger partial charge in [0.2, 0.25) is 0 Å². The largest absolute Gasteiger partial charge is 0.494 e. The van der Waals surface area contributed by atoms with Gasteiger partial charge in [0, 0.05) is 5.71 Å². The van der Waals surface area contributed by atoms with E-state index in [4.69, 9.17) is 4.74 Å². The highest BCUT2D eigenvalue weighted by molar-refractivity contribution is 7.89. The molecular formula is C15H22N2O3S. The van der Waals surface area contributed by atoms with Gasteiger partial charge in [0.1, 0.15) is 5.75 Å². The first-order chi connectivity index (χ1) is 10.0. The highest BCUT2D eigenvalue weighted by Gasteiger charge is 2.17. The Morgan fingerprint density at radius 2 is 2.05 bits per heavy atom. The predicted octanol–water partition coefficient (Wildman–Crippen LogP) is 2.93. The topological polar surface area (TPSA) is 67.8 Å². The fourth-order valence-electron chi connectivity index (χ4n) is 2.42. The second-order valence-corrected chi connectivity index (χ2v) is 7.04. The molecule has 116 valence electrons. The maximum absolute atomic E-state index is 12.2. The SMILES string of the molecule is CCOc1ccc(S(=O)(=O)N/N=C2\CCC[C@@H](C)C2)cc1. The van der Waals surface area contributed by atoms with Gasteiger partial charge in [-0.25, -0.2) is 4.83 Å². The molecule has 1 fully saturated rings. The standard InChI is InChI=1S/C15H22N2O3S/c1-3-20-14-7-9-15(10-8-14)21(18,19)17-16-13-6-4-5-12(2)11-13/h7-10,12,17H,3-6,11H2,1-2H3/b16-13+/t12-/m1/s1. The molecule has 2 rings (SSSR count). The van der Waals surface area contributed by atoms with Crippen LogP contribution in [0.1, 0.15) is 39.5 Å². The van der Waals surface area contributed by atoms with Gasteiger partial charge in [-0.1, -0.05) is 6.92 Å². The van der Waals surface area contributed by atoms with Gasteiger partial charge in [-0.15, -0.1) is 0 Å². The molecule has 1 aromatic carbocycles. The molecule has 1 atom stereocenters. The van der Waals surface area contributed by atoms with Crippen LogP contribution in [0.3, 0.4) is 0 Å². The molecule has 1 aliphatic rings. The Kier molecular flexibility index (Phi) is 5.22. The van der Waals surface area contributed by atoms with Gasteiger partial charge in [0.25, 0.3) is 10.0 Å². The van der Waals surface area contributed by atoms with Crippen LogP contribution in [0, 0.1) is 5.92 Å². The average molecular weight is 310 g/mol. The summed E-state index contributed by atoms with van der Waals surface area (Å²) in [5.74, 6) is 1.23. The van der Waals surface area contributed by atoms with Crippen molar-refractivity contribution in [3.63, 3.8) is 0 Å². The van der Waals surface area contributed by atoms with Crippen molar-refractivity contribution in [3.8, 4) is 5.75 Å². The number of rotatable bonds is 5. The van der Waals surface area contributed by atoms with Crippen LogP contribution in [0.2, 0.25) is 0 Å². The third-order valence-corrected chi connectivity index (χ3v) is 4.74. The summed E-state index contributed by atoms with van der Waals surface area (Å²) >= 11 is 0. The van der Waals surface area contributed by atoms with Crippen molar-refractivity contribution in [3.05, 3.63) is 24.3 Å². The van der Waals surface area contributed by atoms with E-state index in [1.807, 2.05) is 6.92 Å². The number of ether oxygens (including phenoxy) is 1. The Morgan fingerprint density at radius 1 is 1.33 bits per heavy atom. The van der Waals surface area contributed by atoms with Crippen LogP contribution in [-0.4, -0.2) is 20.7 Å². The van der Waals surface area contributed by atoms with Crippen molar-refractivity contribution < 1.29 is 13.2 Å². The molecule has 0 aromatic heterocycles. The fraction of sp³-hybridized carbons (Fsp3) is 0.533. The predicted molar refractivity (Wildman–Crippen MR) is 83.0 cm³/mol. The lowest BCUT2D eigenvalue weighted by molar-refractivity contribution is 0.340. The Hall–Kier alpha value is -1.56. The van der Waals surface area contributed by atoms with E-state index < -0.39 is 10.0 Å². The molecular weight excluding hydrogens is 288 g/mol. The molecule has 0 aliphatic heterocycles. The van der Waals surface area contributed by atoms with E-state index in [9.17, 15) is 8.42 Å². The van der Waals surface area contributed by atoms with Gasteiger partial charge in [-0.2, -0.15) is 13.5 Å². The lowest BCUT2D eigenvalue weighted by atomic mass is 9.89. The minimum absolute atomic E-state index is 0.194. The van der Waals surface area contributed by atoms with E-state index in [1.54, 1.807) is 12.1 Å². The van der Waals surface area contributed by atoms with Crippen LogP contribution < -0.4 is 9.57 Å².